The van der Waals surface area contributed by atoms with Gasteiger partial charge in [0, 0.05) is 25.6 Å². The summed E-state index contributed by atoms with van der Waals surface area (Å²) in [6.07, 6.45) is -2.52. The average Bonchev–Trinajstić information content (AvgIpc) is 2.34. The zero-order chi connectivity index (χ0) is 13.8. The third-order valence-corrected chi connectivity index (χ3v) is 3.83. The van der Waals surface area contributed by atoms with E-state index < -0.39 is 12.1 Å². The van der Waals surface area contributed by atoms with Crippen LogP contribution in [0.2, 0.25) is 0 Å². The van der Waals surface area contributed by atoms with Crippen molar-refractivity contribution in [3.63, 3.8) is 0 Å². The molecule has 18 heavy (non-hydrogen) atoms. The molecule has 1 atom stereocenters. The number of halogens is 3. The van der Waals surface area contributed by atoms with E-state index in [1.165, 1.54) is 0 Å². The van der Waals surface area contributed by atoms with Crippen LogP contribution in [0.5, 0.6) is 0 Å². The van der Waals surface area contributed by atoms with Crippen LogP contribution in [0.4, 0.5) is 13.2 Å². The number of methoxy groups -OCH3 is 1. The van der Waals surface area contributed by atoms with Gasteiger partial charge in [-0.25, -0.2) is 0 Å². The van der Waals surface area contributed by atoms with E-state index in [1.807, 2.05) is 6.92 Å². The fourth-order valence-electron chi connectivity index (χ4n) is 2.54. The van der Waals surface area contributed by atoms with Gasteiger partial charge in [-0.1, -0.05) is 6.92 Å². The predicted molar refractivity (Wildman–Crippen MR) is 62.2 cm³/mol. The van der Waals surface area contributed by atoms with Crippen LogP contribution < -0.4 is 0 Å². The van der Waals surface area contributed by atoms with E-state index >= 15 is 0 Å². The Morgan fingerprint density at radius 2 is 1.83 bits per heavy atom. The number of Topliss-reactive ketones (excluding diaryl/α,β-unsaturated/α-hetero) is 1. The van der Waals surface area contributed by atoms with Gasteiger partial charge in [-0.3, -0.25) is 4.79 Å². The smallest absolute Gasteiger partial charge is 0.385 e. The molecule has 0 saturated heterocycles. The summed E-state index contributed by atoms with van der Waals surface area (Å²) in [5, 5.41) is 0. The van der Waals surface area contributed by atoms with Crippen molar-refractivity contribution in [1.29, 1.82) is 0 Å². The summed E-state index contributed by atoms with van der Waals surface area (Å²) in [4.78, 5) is 12.0. The molecule has 1 saturated carbocycles. The second-order valence-electron chi connectivity index (χ2n) is 5.18. The number of ether oxygens (including phenoxy) is 1. The molecule has 5 heteroatoms. The first kappa shape index (κ1) is 15.5. The number of alkyl halides is 3. The Balaban J connectivity index is 2.40. The second kappa shape index (κ2) is 6.55. The SMILES string of the molecule is COCCC(C)C(=O)C1CCC(C(F)(F)F)CC1. The molecular formula is C13H21F3O2. The van der Waals surface area contributed by atoms with Gasteiger partial charge in [-0.05, 0) is 32.1 Å². The van der Waals surface area contributed by atoms with Gasteiger partial charge in [-0.15, -0.1) is 0 Å². The fraction of sp³-hybridized carbons (Fsp3) is 0.923. The van der Waals surface area contributed by atoms with Gasteiger partial charge in [-0.2, -0.15) is 13.2 Å². The minimum Gasteiger partial charge on any atom is -0.385 e. The Morgan fingerprint density at radius 1 is 1.28 bits per heavy atom. The molecule has 1 rings (SSSR count). The van der Waals surface area contributed by atoms with Gasteiger partial charge in [0.25, 0.3) is 0 Å². The Labute approximate surface area is 106 Å². The van der Waals surface area contributed by atoms with E-state index in [4.69, 9.17) is 4.74 Å². The van der Waals surface area contributed by atoms with E-state index in [1.54, 1.807) is 7.11 Å². The second-order valence-corrected chi connectivity index (χ2v) is 5.18. The first-order valence-corrected chi connectivity index (χ1v) is 6.45. The molecule has 0 aromatic carbocycles. The molecule has 0 aliphatic heterocycles. The lowest BCUT2D eigenvalue weighted by atomic mass is 9.77. The summed E-state index contributed by atoms with van der Waals surface area (Å²) < 4.78 is 42.4. The van der Waals surface area contributed by atoms with E-state index in [9.17, 15) is 18.0 Å². The minimum atomic E-state index is -4.10. The van der Waals surface area contributed by atoms with Crippen LogP contribution in [0.25, 0.3) is 0 Å². The lowest BCUT2D eigenvalue weighted by molar-refractivity contribution is -0.184. The minimum absolute atomic E-state index is 0.0942. The van der Waals surface area contributed by atoms with Gasteiger partial charge >= 0.3 is 6.18 Å². The number of carbonyl (C=O) groups excluding carboxylic acids is 1. The zero-order valence-electron chi connectivity index (χ0n) is 10.9. The largest absolute Gasteiger partial charge is 0.391 e. The number of rotatable bonds is 5. The lowest BCUT2D eigenvalue weighted by Gasteiger charge is -2.30. The summed E-state index contributed by atoms with van der Waals surface area (Å²) in [6, 6.07) is 0. The number of hydrogen-bond acceptors (Lipinski definition) is 2. The van der Waals surface area contributed by atoms with Crippen molar-refractivity contribution in [2.75, 3.05) is 13.7 Å². The van der Waals surface area contributed by atoms with E-state index in [0.717, 1.165) is 0 Å². The first-order chi connectivity index (χ1) is 8.36. The van der Waals surface area contributed by atoms with E-state index in [-0.39, 0.29) is 30.5 Å². The molecule has 0 radical (unpaired) electrons. The zero-order valence-corrected chi connectivity index (χ0v) is 10.9. The highest BCUT2D eigenvalue weighted by Crippen LogP contribution is 2.40. The molecule has 0 bridgehead atoms. The molecule has 106 valence electrons. The molecular weight excluding hydrogens is 245 g/mol. The third-order valence-electron chi connectivity index (χ3n) is 3.83. The quantitative estimate of drug-likeness (QED) is 0.760. The predicted octanol–water partition coefficient (Wildman–Crippen LogP) is 3.60. The van der Waals surface area contributed by atoms with Crippen LogP contribution in [0.15, 0.2) is 0 Å². The maximum atomic E-state index is 12.5. The molecule has 1 unspecified atom stereocenters. The van der Waals surface area contributed by atoms with Crippen LogP contribution in [0.3, 0.4) is 0 Å². The van der Waals surface area contributed by atoms with Crippen molar-refractivity contribution >= 4 is 5.78 Å². The molecule has 0 aromatic heterocycles. The monoisotopic (exact) mass is 266 g/mol. The summed E-state index contributed by atoms with van der Waals surface area (Å²) in [6.45, 7) is 2.35. The highest BCUT2D eigenvalue weighted by atomic mass is 19.4. The maximum Gasteiger partial charge on any atom is 0.391 e. The number of ketones is 1. The van der Waals surface area contributed by atoms with Crippen molar-refractivity contribution in [3.8, 4) is 0 Å². The number of carbonyl (C=O) groups is 1. The molecule has 2 nitrogen and oxygen atoms in total. The van der Waals surface area contributed by atoms with Gasteiger partial charge in [0.15, 0.2) is 0 Å². The highest BCUT2D eigenvalue weighted by Gasteiger charge is 2.42. The molecule has 0 amide bonds. The molecule has 0 spiro atoms. The average molecular weight is 266 g/mol. The lowest BCUT2D eigenvalue weighted by Crippen LogP contribution is -2.32. The van der Waals surface area contributed by atoms with Crippen LogP contribution in [0, 0.1) is 17.8 Å². The van der Waals surface area contributed by atoms with Gasteiger partial charge in [0.05, 0.1) is 5.92 Å². The van der Waals surface area contributed by atoms with Crippen molar-refractivity contribution in [2.45, 2.75) is 45.2 Å². The molecule has 0 heterocycles. The van der Waals surface area contributed by atoms with Gasteiger partial charge in [0.2, 0.25) is 0 Å². The Kier molecular flexibility index (Phi) is 5.63. The van der Waals surface area contributed by atoms with Crippen LogP contribution >= 0.6 is 0 Å². The molecule has 0 N–H and O–H groups in total. The Morgan fingerprint density at radius 3 is 2.28 bits per heavy atom. The summed E-state index contributed by atoms with van der Waals surface area (Å²) in [5.74, 6) is -1.41. The standard InChI is InChI=1S/C13H21F3O2/c1-9(7-8-18-2)12(17)10-3-5-11(6-4-10)13(14,15)16/h9-11H,3-8H2,1-2H3. The van der Waals surface area contributed by atoms with Gasteiger partial charge in [0.1, 0.15) is 5.78 Å². The molecule has 1 fully saturated rings. The van der Waals surface area contributed by atoms with E-state index in [2.05, 4.69) is 0 Å². The van der Waals surface area contributed by atoms with Crippen LogP contribution in [-0.2, 0) is 9.53 Å². The van der Waals surface area contributed by atoms with Crippen molar-refractivity contribution in [1.82, 2.24) is 0 Å². The fourth-order valence-corrected chi connectivity index (χ4v) is 2.54. The van der Waals surface area contributed by atoms with E-state index in [0.29, 0.717) is 25.9 Å². The summed E-state index contributed by atoms with van der Waals surface area (Å²) >= 11 is 0. The van der Waals surface area contributed by atoms with Crippen molar-refractivity contribution < 1.29 is 22.7 Å². The molecule has 0 aromatic rings. The molecule has 1 aliphatic carbocycles. The first-order valence-electron chi connectivity index (χ1n) is 6.45. The molecule has 1 aliphatic rings. The van der Waals surface area contributed by atoms with Crippen LogP contribution in [0.1, 0.15) is 39.0 Å². The normalized spacial score (nSPS) is 26.9. The van der Waals surface area contributed by atoms with Crippen molar-refractivity contribution in [3.05, 3.63) is 0 Å². The Hall–Kier alpha value is -0.580. The van der Waals surface area contributed by atoms with Gasteiger partial charge < -0.3 is 4.74 Å². The Bertz CT molecular complexity index is 268. The highest BCUT2D eigenvalue weighted by molar-refractivity contribution is 5.83. The van der Waals surface area contributed by atoms with Crippen LogP contribution in [-0.4, -0.2) is 25.7 Å². The van der Waals surface area contributed by atoms with Crippen molar-refractivity contribution in [2.24, 2.45) is 17.8 Å². The third kappa shape index (κ3) is 4.26. The topological polar surface area (TPSA) is 26.3 Å². The summed E-state index contributed by atoms with van der Waals surface area (Å²) in [7, 11) is 1.58. The number of hydrogen-bond donors (Lipinski definition) is 0. The summed E-state index contributed by atoms with van der Waals surface area (Å²) in [5.41, 5.74) is 0. The maximum absolute atomic E-state index is 12.5.